The molecule has 130 valence electrons. The molecule has 2 amide bonds. The van der Waals surface area contributed by atoms with Gasteiger partial charge in [0.05, 0.1) is 11.6 Å². The number of amides is 2. The molecule has 3 rings (SSSR count). The van der Waals surface area contributed by atoms with Gasteiger partial charge in [0.1, 0.15) is 0 Å². The lowest BCUT2D eigenvalue weighted by Crippen LogP contribution is -2.48. The zero-order valence-electron chi connectivity index (χ0n) is 14.3. The molecule has 6 nitrogen and oxygen atoms in total. The number of carbonyl (C=O) groups excluding carboxylic acids is 2. The highest BCUT2D eigenvalue weighted by Gasteiger charge is 2.36. The molecule has 2 aliphatic rings. The van der Waals surface area contributed by atoms with Crippen molar-refractivity contribution in [2.75, 3.05) is 19.6 Å². The van der Waals surface area contributed by atoms with Crippen LogP contribution in [0.5, 0.6) is 0 Å². The molecule has 1 aliphatic heterocycles. The molecule has 0 unspecified atom stereocenters. The number of hydrogen-bond acceptors (Lipinski definition) is 3. The first-order valence-electron chi connectivity index (χ1n) is 8.73. The smallest absolute Gasteiger partial charge is 0.255 e. The molecule has 1 saturated heterocycles. The highest BCUT2D eigenvalue weighted by Crippen LogP contribution is 2.32. The average molecular weight is 331 g/mol. The second kappa shape index (κ2) is 6.79. The number of H-pyrrole nitrogens is 1. The minimum absolute atomic E-state index is 0.0484. The van der Waals surface area contributed by atoms with Crippen LogP contribution in [0, 0.1) is 11.8 Å². The summed E-state index contributed by atoms with van der Waals surface area (Å²) in [5.74, 6) is 0.948. The molecule has 0 radical (unpaired) electrons. The van der Waals surface area contributed by atoms with Gasteiger partial charge in [0, 0.05) is 38.3 Å². The van der Waals surface area contributed by atoms with Crippen LogP contribution in [0.25, 0.3) is 0 Å². The minimum atomic E-state index is -0.228. The molecular formula is C18H25N3O3. The Morgan fingerprint density at radius 1 is 1.29 bits per heavy atom. The lowest BCUT2D eigenvalue weighted by molar-refractivity contribution is -0.133. The lowest BCUT2D eigenvalue weighted by atomic mass is 10.0. The topological polar surface area (TPSA) is 73.5 Å². The van der Waals surface area contributed by atoms with Gasteiger partial charge < -0.3 is 14.8 Å². The molecular weight excluding hydrogens is 306 g/mol. The van der Waals surface area contributed by atoms with Crippen LogP contribution in [-0.4, -0.2) is 52.3 Å². The molecule has 1 atom stereocenters. The van der Waals surface area contributed by atoms with Crippen molar-refractivity contribution in [3.63, 3.8) is 0 Å². The Morgan fingerprint density at radius 2 is 2.04 bits per heavy atom. The molecule has 24 heavy (non-hydrogen) atoms. The Morgan fingerprint density at radius 3 is 2.62 bits per heavy atom. The number of aromatic amines is 1. The van der Waals surface area contributed by atoms with E-state index in [2.05, 4.69) is 18.8 Å². The molecule has 1 aliphatic carbocycles. The number of nitrogens with one attached hydrogen (secondary N) is 1. The molecule has 0 bridgehead atoms. The molecule has 1 aromatic rings. The number of rotatable bonds is 4. The largest absolute Gasteiger partial charge is 0.337 e. The van der Waals surface area contributed by atoms with Gasteiger partial charge in [-0.2, -0.15) is 0 Å². The van der Waals surface area contributed by atoms with E-state index in [0.29, 0.717) is 31.0 Å². The average Bonchev–Trinajstić information content (AvgIpc) is 3.37. The van der Waals surface area contributed by atoms with Crippen molar-refractivity contribution in [2.24, 2.45) is 11.8 Å². The van der Waals surface area contributed by atoms with Gasteiger partial charge in [0.15, 0.2) is 0 Å². The van der Waals surface area contributed by atoms with E-state index in [0.717, 1.165) is 6.54 Å². The fourth-order valence-corrected chi connectivity index (χ4v) is 3.27. The van der Waals surface area contributed by atoms with Crippen LogP contribution in [-0.2, 0) is 4.79 Å². The second-order valence-electron chi connectivity index (χ2n) is 7.24. The highest BCUT2D eigenvalue weighted by molar-refractivity contribution is 5.94. The Bertz CT molecular complexity index is 658. The monoisotopic (exact) mass is 331 g/mol. The summed E-state index contributed by atoms with van der Waals surface area (Å²) in [5, 5.41) is 0. The minimum Gasteiger partial charge on any atom is -0.337 e. The first-order valence-corrected chi connectivity index (χ1v) is 8.73. The first kappa shape index (κ1) is 16.7. The summed E-state index contributed by atoms with van der Waals surface area (Å²) in [4.78, 5) is 42.8. The number of hydrogen-bond donors (Lipinski definition) is 1. The van der Waals surface area contributed by atoms with Crippen LogP contribution in [0.3, 0.4) is 0 Å². The third kappa shape index (κ3) is 3.68. The van der Waals surface area contributed by atoms with Crippen LogP contribution in [0.1, 0.15) is 43.5 Å². The maximum Gasteiger partial charge on any atom is 0.255 e. The second-order valence-corrected chi connectivity index (χ2v) is 7.24. The Balaban J connectivity index is 1.79. The SMILES string of the molecule is CC(C)[C@H]1CN(C(=O)c2ccc(=O)[nH]c2)CCC(=O)N1CC1CC1. The molecule has 1 saturated carbocycles. The van der Waals surface area contributed by atoms with E-state index >= 15 is 0 Å². The summed E-state index contributed by atoms with van der Waals surface area (Å²) in [6, 6.07) is 2.95. The molecule has 0 aromatic carbocycles. The third-order valence-corrected chi connectivity index (χ3v) is 4.96. The predicted molar refractivity (Wildman–Crippen MR) is 90.6 cm³/mol. The summed E-state index contributed by atoms with van der Waals surface area (Å²) in [7, 11) is 0. The normalized spacial score (nSPS) is 22.0. The molecule has 1 aromatic heterocycles. The number of nitrogens with zero attached hydrogens (tertiary/aromatic N) is 2. The van der Waals surface area contributed by atoms with E-state index in [-0.39, 0.29) is 29.3 Å². The van der Waals surface area contributed by atoms with E-state index in [9.17, 15) is 14.4 Å². The standard InChI is InChI=1S/C18H25N3O3/c1-12(2)15-11-20(18(24)14-5-6-16(22)19-9-14)8-7-17(23)21(15)10-13-3-4-13/h5-6,9,12-13,15H,3-4,7-8,10-11H2,1-2H3,(H,19,22)/t15-/m1/s1. The number of pyridine rings is 1. The fraction of sp³-hybridized carbons (Fsp3) is 0.611. The summed E-state index contributed by atoms with van der Waals surface area (Å²) < 4.78 is 0. The van der Waals surface area contributed by atoms with E-state index in [4.69, 9.17) is 0 Å². The van der Waals surface area contributed by atoms with Crippen molar-refractivity contribution in [1.29, 1.82) is 0 Å². The van der Waals surface area contributed by atoms with Crippen LogP contribution < -0.4 is 5.56 Å². The maximum absolute atomic E-state index is 12.8. The van der Waals surface area contributed by atoms with E-state index in [1.165, 1.54) is 25.1 Å². The van der Waals surface area contributed by atoms with Crippen molar-refractivity contribution >= 4 is 11.8 Å². The van der Waals surface area contributed by atoms with Crippen LogP contribution in [0.4, 0.5) is 0 Å². The van der Waals surface area contributed by atoms with E-state index < -0.39 is 0 Å². The van der Waals surface area contributed by atoms with Crippen molar-refractivity contribution < 1.29 is 9.59 Å². The van der Waals surface area contributed by atoms with Crippen molar-refractivity contribution in [3.05, 3.63) is 34.2 Å². The van der Waals surface area contributed by atoms with Crippen LogP contribution in [0.2, 0.25) is 0 Å². The summed E-state index contributed by atoms with van der Waals surface area (Å²) in [5.41, 5.74) is 0.230. The summed E-state index contributed by atoms with van der Waals surface area (Å²) >= 11 is 0. The van der Waals surface area contributed by atoms with E-state index in [1.54, 1.807) is 11.0 Å². The van der Waals surface area contributed by atoms with E-state index in [1.807, 2.05) is 4.90 Å². The maximum atomic E-state index is 12.8. The Labute approximate surface area is 141 Å². The first-order chi connectivity index (χ1) is 11.5. The lowest BCUT2D eigenvalue weighted by Gasteiger charge is -2.34. The summed E-state index contributed by atoms with van der Waals surface area (Å²) in [6.07, 6.45) is 4.22. The molecule has 0 spiro atoms. The zero-order valence-corrected chi connectivity index (χ0v) is 14.3. The van der Waals surface area contributed by atoms with Crippen molar-refractivity contribution in [1.82, 2.24) is 14.8 Å². The summed E-state index contributed by atoms with van der Waals surface area (Å²) in [6.45, 7) is 6.01. The van der Waals surface area contributed by atoms with Gasteiger partial charge in [-0.1, -0.05) is 13.8 Å². The Hall–Kier alpha value is -2.11. The van der Waals surface area contributed by atoms with Gasteiger partial charge in [0.25, 0.3) is 5.91 Å². The van der Waals surface area contributed by atoms with Gasteiger partial charge in [-0.15, -0.1) is 0 Å². The predicted octanol–water partition coefficient (Wildman–Crippen LogP) is 1.48. The third-order valence-electron chi connectivity index (χ3n) is 4.96. The molecule has 2 heterocycles. The zero-order chi connectivity index (χ0) is 17.3. The van der Waals surface area contributed by atoms with Crippen molar-refractivity contribution in [3.8, 4) is 0 Å². The van der Waals surface area contributed by atoms with Crippen LogP contribution >= 0.6 is 0 Å². The quantitative estimate of drug-likeness (QED) is 0.908. The highest BCUT2D eigenvalue weighted by atomic mass is 16.2. The molecule has 1 N–H and O–H groups in total. The molecule has 6 heteroatoms. The van der Waals surface area contributed by atoms with Gasteiger partial charge >= 0.3 is 0 Å². The number of aromatic nitrogens is 1. The van der Waals surface area contributed by atoms with Gasteiger partial charge in [0.2, 0.25) is 11.5 Å². The molecule has 2 fully saturated rings. The van der Waals surface area contributed by atoms with Crippen molar-refractivity contribution in [2.45, 2.75) is 39.2 Å². The fourth-order valence-electron chi connectivity index (χ4n) is 3.27. The van der Waals surface area contributed by atoms with Gasteiger partial charge in [-0.3, -0.25) is 14.4 Å². The van der Waals surface area contributed by atoms with Gasteiger partial charge in [-0.25, -0.2) is 0 Å². The Kier molecular flexibility index (Phi) is 4.73. The van der Waals surface area contributed by atoms with Gasteiger partial charge in [-0.05, 0) is 30.7 Å². The van der Waals surface area contributed by atoms with Crippen LogP contribution in [0.15, 0.2) is 23.1 Å². The number of carbonyl (C=O) groups is 2.